The second kappa shape index (κ2) is 5.67. The van der Waals surface area contributed by atoms with Gasteiger partial charge in [0.1, 0.15) is 12.9 Å². The first-order valence-corrected chi connectivity index (χ1v) is 8.93. The van der Waals surface area contributed by atoms with Gasteiger partial charge in [0.05, 0.1) is 11.3 Å². The van der Waals surface area contributed by atoms with Crippen molar-refractivity contribution in [3.05, 3.63) is 90.1 Å². The van der Waals surface area contributed by atoms with Crippen molar-refractivity contribution in [1.29, 1.82) is 0 Å². The van der Waals surface area contributed by atoms with E-state index in [2.05, 4.69) is 95.1 Å². The summed E-state index contributed by atoms with van der Waals surface area (Å²) < 4.78 is 4.46. The minimum atomic E-state index is 0.900. The highest BCUT2D eigenvalue weighted by Gasteiger charge is 2.27. The average molecular weight is 338 g/mol. The van der Waals surface area contributed by atoms with Crippen LogP contribution in [-0.2, 0) is 13.5 Å². The summed E-state index contributed by atoms with van der Waals surface area (Å²) in [5.74, 6) is 1.12. The number of hydrogen-bond acceptors (Lipinski definition) is 1. The fraction of sp³-hybridized carbons (Fsp3) is 0.130. The lowest BCUT2D eigenvalue weighted by Crippen LogP contribution is -2.31. The molecule has 1 aliphatic rings. The highest BCUT2D eigenvalue weighted by Crippen LogP contribution is 2.37. The van der Waals surface area contributed by atoms with Gasteiger partial charge in [-0.3, -0.25) is 0 Å². The molecule has 3 heterocycles. The lowest BCUT2D eigenvalue weighted by Gasteiger charge is -2.13. The van der Waals surface area contributed by atoms with Gasteiger partial charge in [-0.2, -0.15) is 0 Å². The number of aryl methyl sites for hydroxylation is 2. The minimum Gasteiger partial charge on any atom is -0.302 e. The SMILES string of the molecule is Cc1ccc2c(c1-c1cc(-c3ccccc3)cc[n+]1C)-n1ccnc1C2. The molecule has 4 aromatic rings. The Bertz CT molecular complexity index is 1120. The van der Waals surface area contributed by atoms with Crippen LogP contribution in [0.15, 0.2) is 73.2 Å². The second-order valence-corrected chi connectivity index (χ2v) is 6.93. The molecule has 0 N–H and O–H groups in total. The molecule has 126 valence electrons. The van der Waals surface area contributed by atoms with Crippen LogP contribution in [0.25, 0.3) is 28.1 Å². The molecule has 26 heavy (non-hydrogen) atoms. The molecule has 0 radical (unpaired) electrons. The first-order valence-electron chi connectivity index (χ1n) is 8.93. The maximum atomic E-state index is 4.52. The molecule has 0 aliphatic carbocycles. The fourth-order valence-corrected chi connectivity index (χ4v) is 3.94. The number of aromatic nitrogens is 3. The molecule has 3 nitrogen and oxygen atoms in total. The second-order valence-electron chi connectivity index (χ2n) is 6.93. The molecule has 0 saturated carbocycles. The molecule has 5 rings (SSSR count). The smallest absolute Gasteiger partial charge is 0.215 e. The summed E-state index contributed by atoms with van der Waals surface area (Å²) in [5.41, 5.74) is 8.90. The van der Waals surface area contributed by atoms with Crippen LogP contribution in [0.5, 0.6) is 0 Å². The molecule has 0 unspecified atom stereocenters. The number of rotatable bonds is 2. The Kier molecular flexibility index (Phi) is 3.29. The molecule has 2 aromatic carbocycles. The van der Waals surface area contributed by atoms with Crippen LogP contribution in [0.4, 0.5) is 0 Å². The topological polar surface area (TPSA) is 21.7 Å². The van der Waals surface area contributed by atoms with E-state index in [1.165, 1.54) is 39.2 Å². The van der Waals surface area contributed by atoms with Crippen molar-refractivity contribution in [2.75, 3.05) is 0 Å². The number of hydrogen-bond donors (Lipinski definition) is 0. The third kappa shape index (κ3) is 2.21. The third-order valence-electron chi connectivity index (χ3n) is 5.29. The highest BCUT2D eigenvalue weighted by molar-refractivity contribution is 5.79. The van der Waals surface area contributed by atoms with Crippen LogP contribution in [0.2, 0.25) is 0 Å². The van der Waals surface area contributed by atoms with Gasteiger partial charge in [-0.25, -0.2) is 9.55 Å². The van der Waals surface area contributed by atoms with Gasteiger partial charge in [0, 0.05) is 30.9 Å². The van der Waals surface area contributed by atoms with Crippen molar-refractivity contribution in [3.63, 3.8) is 0 Å². The van der Waals surface area contributed by atoms with Gasteiger partial charge in [-0.15, -0.1) is 0 Å². The summed E-state index contributed by atoms with van der Waals surface area (Å²) >= 11 is 0. The van der Waals surface area contributed by atoms with Crippen molar-refractivity contribution in [2.24, 2.45) is 7.05 Å². The molecule has 1 aliphatic heterocycles. The Labute approximate surface area is 153 Å². The molecular weight excluding hydrogens is 318 g/mol. The van der Waals surface area contributed by atoms with Crippen LogP contribution in [0.1, 0.15) is 17.0 Å². The number of benzene rings is 2. The lowest BCUT2D eigenvalue weighted by molar-refractivity contribution is -0.660. The Balaban J connectivity index is 1.77. The van der Waals surface area contributed by atoms with Gasteiger partial charge in [0.25, 0.3) is 0 Å². The van der Waals surface area contributed by atoms with Crippen molar-refractivity contribution in [1.82, 2.24) is 9.55 Å². The molecule has 3 heteroatoms. The van der Waals surface area contributed by atoms with Crippen molar-refractivity contribution in [3.8, 4) is 28.1 Å². The zero-order valence-electron chi connectivity index (χ0n) is 15.0. The number of imidazole rings is 1. The van der Waals surface area contributed by atoms with E-state index in [1.54, 1.807) is 0 Å². The Morgan fingerprint density at radius 1 is 1.00 bits per heavy atom. The molecule has 0 bridgehead atoms. The van der Waals surface area contributed by atoms with E-state index in [0.29, 0.717) is 0 Å². The largest absolute Gasteiger partial charge is 0.302 e. The molecule has 0 spiro atoms. The zero-order chi connectivity index (χ0) is 17.7. The van der Waals surface area contributed by atoms with Gasteiger partial charge in [-0.05, 0) is 29.2 Å². The van der Waals surface area contributed by atoms with Gasteiger partial charge >= 0.3 is 0 Å². The van der Waals surface area contributed by atoms with Crippen molar-refractivity contribution >= 4 is 0 Å². The van der Waals surface area contributed by atoms with Crippen LogP contribution < -0.4 is 4.57 Å². The minimum absolute atomic E-state index is 0.900. The average Bonchev–Trinajstić information content (AvgIpc) is 3.25. The molecule has 0 amide bonds. The maximum Gasteiger partial charge on any atom is 0.215 e. The lowest BCUT2D eigenvalue weighted by atomic mass is 9.96. The van der Waals surface area contributed by atoms with E-state index >= 15 is 0 Å². The van der Waals surface area contributed by atoms with E-state index in [9.17, 15) is 0 Å². The summed E-state index contributed by atoms with van der Waals surface area (Å²) in [4.78, 5) is 4.52. The third-order valence-corrected chi connectivity index (χ3v) is 5.29. The van der Waals surface area contributed by atoms with Crippen LogP contribution in [-0.4, -0.2) is 9.55 Å². The maximum absolute atomic E-state index is 4.52. The number of nitrogens with zero attached hydrogens (tertiary/aromatic N) is 3. The Morgan fingerprint density at radius 2 is 1.85 bits per heavy atom. The molecular formula is C23H20N3+. The van der Waals surface area contributed by atoms with Crippen molar-refractivity contribution in [2.45, 2.75) is 13.3 Å². The number of pyridine rings is 1. The highest BCUT2D eigenvalue weighted by atomic mass is 15.1. The molecule has 0 atom stereocenters. The number of fused-ring (bicyclic) bond motifs is 3. The van der Waals surface area contributed by atoms with Gasteiger partial charge in [0.15, 0.2) is 6.20 Å². The van der Waals surface area contributed by atoms with Crippen molar-refractivity contribution < 1.29 is 4.57 Å². The summed E-state index contributed by atoms with van der Waals surface area (Å²) in [6, 6.07) is 19.5. The molecule has 0 fully saturated rings. The van der Waals surface area contributed by atoms with Gasteiger partial charge < -0.3 is 4.57 Å². The van der Waals surface area contributed by atoms with Gasteiger partial charge in [-0.1, -0.05) is 42.5 Å². The molecule has 0 saturated heterocycles. The summed E-state index contributed by atoms with van der Waals surface area (Å²) in [5, 5.41) is 0. The van der Waals surface area contributed by atoms with Crippen LogP contribution >= 0.6 is 0 Å². The van der Waals surface area contributed by atoms with Crippen LogP contribution in [0, 0.1) is 6.92 Å². The van der Waals surface area contributed by atoms with E-state index < -0.39 is 0 Å². The monoisotopic (exact) mass is 338 g/mol. The standard InChI is InChI=1S/C23H20N3/c1-16-8-9-19-15-21-24-11-13-26(21)23(19)22(16)20-14-18(10-12-25(20)2)17-6-4-3-5-7-17/h3-14H,15H2,1-2H3/q+1. The van der Waals surface area contributed by atoms with E-state index in [4.69, 9.17) is 0 Å². The van der Waals surface area contributed by atoms with E-state index in [-0.39, 0.29) is 0 Å². The zero-order valence-corrected chi connectivity index (χ0v) is 15.0. The molecule has 2 aromatic heterocycles. The van der Waals surface area contributed by atoms with Crippen LogP contribution in [0.3, 0.4) is 0 Å². The Hall–Kier alpha value is -3.20. The van der Waals surface area contributed by atoms with Gasteiger partial charge in [0.2, 0.25) is 5.69 Å². The fourth-order valence-electron chi connectivity index (χ4n) is 3.94. The predicted octanol–water partition coefficient (Wildman–Crippen LogP) is 4.24. The summed E-state index contributed by atoms with van der Waals surface area (Å²) in [6.07, 6.45) is 7.02. The summed E-state index contributed by atoms with van der Waals surface area (Å²) in [6.45, 7) is 2.19. The quantitative estimate of drug-likeness (QED) is 0.441. The first kappa shape index (κ1) is 15.1. The normalized spacial score (nSPS) is 12.1. The van der Waals surface area contributed by atoms with E-state index in [0.717, 1.165) is 12.2 Å². The predicted molar refractivity (Wildman–Crippen MR) is 103 cm³/mol. The Morgan fingerprint density at radius 3 is 2.69 bits per heavy atom. The first-order chi connectivity index (χ1) is 12.7. The van der Waals surface area contributed by atoms with E-state index in [1.807, 2.05) is 6.20 Å². The summed E-state index contributed by atoms with van der Waals surface area (Å²) in [7, 11) is 2.12.